The third-order valence-corrected chi connectivity index (χ3v) is 1.86. The van der Waals surface area contributed by atoms with E-state index in [0.717, 1.165) is 0 Å². The summed E-state index contributed by atoms with van der Waals surface area (Å²) in [5.41, 5.74) is 0.647. The van der Waals surface area contributed by atoms with Crippen molar-refractivity contribution in [3.05, 3.63) is 36.5 Å². The average Bonchev–Trinajstić information content (AvgIpc) is 2.27. The standard InChI is InChI=1S/C14H22F2O2/c1-5-6-7-8-13(4)9-17-10-14(15,16)11-18-12(2)3/h5-8,12H,4,9-11H2,1-3H3/b6-5-,8-7-. The molecule has 0 rings (SSSR count). The van der Waals surface area contributed by atoms with E-state index in [1.54, 1.807) is 26.0 Å². The number of ether oxygens (including phenoxy) is 2. The maximum absolute atomic E-state index is 13.2. The van der Waals surface area contributed by atoms with Gasteiger partial charge >= 0.3 is 0 Å². The Labute approximate surface area is 108 Å². The lowest BCUT2D eigenvalue weighted by molar-refractivity contribution is -0.130. The summed E-state index contributed by atoms with van der Waals surface area (Å²) in [7, 11) is 0. The van der Waals surface area contributed by atoms with E-state index in [-0.39, 0.29) is 12.7 Å². The summed E-state index contributed by atoms with van der Waals surface area (Å²) in [5.74, 6) is -2.96. The third-order valence-electron chi connectivity index (χ3n) is 1.86. The van der Waals surface area contributed by atoms with Gasteiger partial charge in [0.25, 0.3) is 5.92 Å². The molecule has 0 aromatic rings. The number of allylic oxidation sites excluding steroid dienone is 3. The molecule has 0 saturated carbocycles. The molecule has 2 nitrogen and oxygen atoms in total. The fourth-order valence-corrected chi connectivity index (χ4v) is 1.01. The molecule has 0 spiro atoms. The van der Waals surface area contributed by atoms with E-state index in [1.165, 1.54) is 0 Å². The summed E-state index contributed by atoms with van der Waals surface area (Å²) >= 11 is 0. The van der Waals surface area contributed by atoms with E-state index in [4.69, 9.17) is 9.47 Å². The van der Waals surface area contributed by atoms with E-state index in [0.29, 0.717) is 5.57 Å². The van der Waals surface area contributed by atoms with Crippen LogP contribution in [0.15, 0.2) is 36.5 Å². The molecule has 0 bridgehead atoms. The van der Waals surface area contributed by atoms with Gasteiger partial charge in [0.15, 0.2) is 0 Å². The smallest absolute Gasteiger partial charge is 0.293 e. The largest absolute Gasteiger partial charge is 0.372 e. The van der Waals surface area contributed by atoms with Crippen LogP contribution in [-0.2, 0) is 9.47 Å². The Balaban J connectivity index is 3.84. The Morgan fingerprint density at radius 1 is 1.28 bits per heavy atom. The Morgan fingerprint density at radius 2 is 1.94 bits per heavy atom. The monoisotopic (exact) mass is 260 g/mol. The summed E-state index contributed by atoms with van der Waals surface area (Å²) in [6.45, 7) is 7.83. The van der Waals surface area contributed by atoms with E-state index in [2.05, 4.69) is 6.58 Å². The van der Waals surface area contributed by atoms with Gasteiger partial charge in [0, 0.05) is 0 Å². The lowest BCUT2D eigenvalue weighted by Gasteiger charge is -2.18. The number of hydrogen-bond acceptors (Lipinski definition) is 2. The van der Waals surface area contributed by atoms with Gasteiger partial charge in [-0.25, -0.2) is 8.78 Å². The molecule has 0 N–H and O–H groups in total. The molecule has 0 atom stereocenters. The first-order valence-corrected chi connectivity index (χ1v) is 5.91. The van der Waals surface area contributed by atoms with Gasteiger partial charge in [0.2, 0.25) is 0 Å². The zero-order valence-corrected chi connectivity index (χ0v) is 11.3. The highest BCUT2D eigenvalue weighted by atomic mass is 19.3. The first kappa shape index (κ1) is 17.0. The number of rotatable bonds is 9. The van der Waals surface area contributed by atoms with Crippen LogP contribution in [0.2, 0.25) is 0 Å². The second-order valence-corrected chi connectivity index (χ2v) is 4.25. The van der Waals surface area contributed by atoms with Crippen molar-refractivity contribution >= 4 is 0 Å². The number of halogens is 2. The van der Waals surface area contributed by atoms with E-state index in [9.17, 15) is 8.78 Å². The molecule has 18 heavy (non-hydrogen) atoms. The van der Waals surface area contributed by atoms with Crippen molar-refractivity contribution < 1.29 is 18.3 Å². The third kappa shape index (κ3) is 10.2. The van der Waals surface area contributed by atoms with E-state index < -0.39 is 19.1 Å². The van der Waals surface area contributed by atoms with Crippen LogP contribution in [0.3, 0.4) is 0 Å². The van der Waals surface area contributed by atoms with Gasteiger partial charge in [-0.2, -0.15) is 0 Å². The Morgan fingerprint density at radius 3 is 2.50 bits per heavy atom. The lowest BCUT2D eigenvalue weighted by Crippen LogP contribution is -2.31. The summed E-state index contributed by atoms with van der Waals surface area (Å²) < 4.78 is 36.3. The molecule has 0 radical (unpaired) electrons. The molecule has 0 unspecified atom stereocenters. The molecule has 0 heterocycles. The summed E-state index contributed by atoms with van der Waals surface area (Å²) in [5, 5.41) is 0. The van der Waals surface area contributed by atoms with Crippen LogP contribution in [-0.4, -0.2) is 31.8 Å². The van der Waals surface area contributed by atoms with E-state index >= 15 is 0 Å². The van der Waals surface area contributed by atoms with Gasteiger partial charge in [-0.05, 0) is 26.3 Å². The van der Waals surface area contributed by atoms with Crippen LogP contribution in [0.5, 0.6) is 0 Å². The molecule has 0 amide bonds. The van der Waals surface area contributed by atoms with Crippen molar-refractivity contribution in [1.82, 2.24) is 0 Å². The molecule has 4 heteroatoms. The second-order valence-electron chi connectivity index (χ2n) is 4.25. The zero-order chi connectivity index (χ0) is 14.0. The minimum atomic E-state index is -2.96. The first-order chi connectivity index (χ1) is 8.37. The van der Waals surface area contributed by atoms with Crippen LogP contribution in [0.25, 0.3) is 0 Å². The predicted octanol–water partition coefficient (Wildman–Crippen LogP) is 3.75. The Kier molecular flexibility index (Phi) is 8.50. The Bertz CT molecular complexity index is 294. The zero-order valence-electron chi connectivity index (χ0n) is 11.3. The molecule has 0 fully saturated rings. The number of alkyl halides is 2. The normalized spacial score (nSPS) is 13.0. The van der Waals surface area contributed by atoms with Gasteiger partial charge in [-0.15, -0.1) is 0 Å². The highest BCUT2D eigenvalue weighted by molar-refractivity contribution is 5.19. The van der Waals surface area contributed by atoms with Crippen LogP contribution in [0.1, 0.15) is 20.8 Å². The van der Waals surface area contributed by atoms with Gasteiger partial charge in [0.1, 0.15) is 13.2 Å². The topological polar surface area (TPSA) is 18.5 Å². The maximum atomic E-state index is 13.2. The quantitative estimate of drug-likeness (QED) is 0.588. The van der Waals surface area contributed by atoms with E-state index in [1.807, 2.05) is 19.1 Å². The van der Waals surface area contributed by atoms with Crippen molar-refractivity contribution in [3.8, 4) is 0 Å². The fraction of sp³-hybridized carbons (Fsp3) is 0.571. The van der Waals surface area contributed by atoms with Gasteiger partial charge in [-0.1, -0.05) is 30.9 Å². The summed E-state index contributed by atoms with van der Waals surface area (Å²) in [6.07, 6.45) is 6.99. The number of hydrogen-bond donors (Lipinski definition) is 0. The molecule has 0 aromatic carbocycles. The van der Waals surface area contributed by atoms with Crippen LogP contribution in [0, 0.1) is 0 Å². The minimum Gasteiger partial charge on any atom is -0.372 e. The molecule has 104 valence electrons. The fourth-order valence-electron chi connectivity index (χ4n) is 1.01. The van der Waals surface area contributed by atoms with Crippen molar-refractivity contribution in [2.24, 2.45) is 0 Å². The minimum absolute atomic E-state index is 0.0886. The van der Waals surface area contributed by atoms with Gasteiger partial charge < -0.3 is 9.47 Å². The van der Waals surface area contributed by atoms with Crippen molar-refractivity contribution in [2.45, 2.75) is 32.8 Å². The Hall–Kier alpha value is -1.00. The first-order valence-electron chi connectivity index (χ1n) is 5.91. The molecular formula is C14H22F2O2. The molecular weight excluding hydrogens is 238 g/mol. The summed E-state index contributed by atoms with van der Waals surface area (Å²) in [4.78, 5) is 0. The highest BCUT2D eigenvalue weighted by Gasteiger charge is 2.30. The molecule has 0 aliphatic rings. The second kappa shape index (κ2) is 9.00. The maximum Gasteiger partial charge on any atom is 0.293 e. The average molecular weight is 260 g/mol. The lowest BCUT2D eigenvalue weighted by atomic mass is 10.3. The van der Waals surface area contributed by atoms with Crippen molar-refractivity contribution in [1.29, 1.82) is 0 Å². The van der Waals surface area contributed by atoms with Crippen molar-refractivity contribution in [2.75, 3.05) is 19.8 Å². The van der Waals surface area contributed by atoms with Gasteiger partial charge in [0.05, 0.1) is 12.7 Å². The molecule has 0 aromatic heterocycles. The molecule has 0 aliphatic heterocycles. The predicted molar refractivity (Wildman–Crippen MR) is 69.9 cm³/mol. The molecule has 0 saturated heterocycles. The van der Waals surface area contributed by atoms with Crippen LogP contribution in [0.4, 0.5) is 8.78 Å². The van der Waals surface area contributed by atoms with Crippen LogP contribution >= 0.6 is 0 Å². The molecule has 0 aliphatic carbocycles. The SMILES string of the molecule is C=C(/C=C\C=C/C)COCC(F)(F)COC(C)C. The summed E-state index contributed by atoms with van der Waals surface area (Å²) in [6, 6.07) is 0. The van der Waals surface area contributed by atoms with Crippen LogP contribution < -0.4 is 0 Å². The highest BCUT2D eigenvalue weighted by Crippen LogP contribution is 2.15. The van der Waals surface area contributed by atoms with Gasteiger partial charge in [-0.3, -0.25) is 0 Å². The van der Waals surface area contributed by atoms with Crippen molar-refractivity contribution in [3.63, 3.8) is 0 Å².